The molecule has 3 aromatic heterocycles. The number of piperidine rings is 1. The number of aromatic nitrogens is 4. The Morgan fingerprint density at radius 2 is 1.72 bits per heavy atom. The molecule has 1 atom stereocenters. The number of ether oxygens (including phenoxy) is 2. The molecule has 6 heterocycles. The summed E-state index contributed by atoms with van der Waals surface area (Å²) in [5, 5.41) is 14.7. The van der Waals surface area contributed by atoms with Crippen LogP contribution in [0.25, 0.3) is 17.1 Å². The van der Waals surface area contributed by atoms with E-state index in [0.717, 1.165) is 39.7 Å². The van der Waals surface area contributed by atoms with Crippen molar-refractivity contribution in [3.8, 4) is 17.1 Å². The number of rotatable bonds is 18. The number of amides is 5. The van der Waals surface area contributed by atoms with E-state index in [-0.39, 0.29) is 42.2 Å². The maximum absolute atomic E-state index is 14.2. The third kappa shape index (κ3) is 9.61. The lowest BCUT2D eigenvalue weighted by molar-refractivity contribution is -0.140. The van der Waals surface area contributed by atoms with Crippen molar-refractivity contribution in [3.63, 3.8) is 0 Å². The summed E-state index contributed by atoms with van der Waals surface area (Å²) in [5.41, 5.74) is 1.66. The fourth-order valence-electron chi connectivity index (χ4n) is 7.92. The average molecular weight is 897 g/mol. The number of oxazole rings is 1. The van der Waals surface area contributed by atoms with Crippen molar-refractivity contribution >= 4 is 46.7 Å². The van der Waals surface area contributed by atoms with Crippen LogP contribution in [-0.4, -0.2) is 111 Å². The van der Waals surface area contributed by atoms with Gasteiger partial charge in [0.1, 0.15) is 18.1 Å². The summed E-state index contributed by atoms with van der Waals surface area (Å²) in [4.78, 5) is 75.1. The van der Waals surface area contributed by atoms with Crippen LogP contribution in [0.2, 0.25) is 0 Å². The van der Waals surface area contributed by atoms with E-state index >= 15 is 0 Å². The average Bonchev–Trinajstić information content (AvgIpc) is 3.56. The molecule has 2 aromatic carbocycles. The van der Waals surface area contributed by atoms with Gasteiger partial charge in [-0.3, -0.25) is 39.1 Å². The van der Waals surface area contributed by atoms with E-state index in [2.05, 4.69) is 41.2 Å². The van der Waals surface area contributed by atoms with Crippen molar-refractivity contribution in [1.29, 1.82) is 0 Å². The lowest BCUT2D eigenvalue weighted by Crippen LogP contribution is -2.54. The van der Waals surface area contributed by atoms with Crippen LogP contribution in [0.4, 0.5) is 30.4 Å². The van der Waals surface area contributed by atoms with Crippen LogP contribution >= 0.6 is 0 Å². The summed E-state index contributed by atoms with van der Waals surface area (Å²) >= 11 is 0. The standard InChI is InChI=1S/C44H43F3N10O8/c45-44(46,47)38-32(51-39(59)33-24-65-41(52-33)26-10-11-49-35(19-26)50-20-25-4-5-25)23-56(54-38)29-7-6-27-21-55(22-28(27)18-29)13-15-64-17-16-63-14-12-48-31-3-1-2-30-37(31)43(62)57(42(30)61)34-8-9-36(58)53-40(34)60/h1-3,6-7,10-11,18-19,23-25,34,48H,4-5,8-9,12-17,20-22H2,(H,49,50)(H,51,59)(H,53,58,60). The Kier molecular flexibility index (Phi) is 12.2. The van der Waals surface area contributed by atoms with E-state index in [9.17, 15) is 37.1 Å². The molecule has 1 unspecified atom stereocenters. The summed E-state index contributed by atoms with van der Waals surface area (Å²) in [6.07, 6.45) is 1.37. The Balaban J connectivity index is 0.719. The second kappa shape index (κ2) is 18.3. The van der Waals surface area contributed by atoms with Crippen molar-refractivity contribution < 1.29 is 51.0 Å². The SMILES string of the molecule is O=C1CCC(N2C(=O)c3cccc(NCCOCCOCCN4Cc5ccc(-n6cc(NC(=O)c7coc(-c8ccnc(NCC9CC9)c8)n7)c(C(F)(F)F)n6)cc5C4)c3C2=O)C(=O)N1. The molecule has 2 fully saturated rings. The van der Waals surface area contributed by atoms with Crippen LogP contribution in [0.1, 0.15) is 73.7 Å². The predicted octanol–water partition coefficient (Wildman–Crippen LogP) is 4.88. The van der Waals surface area contributed by atoms with Gasteiger partial charge >= 0.3 is 6.18 Å². The maximum atomic E-state index is 14.2. The molecule has 5 aromatic rings. The molecule has 4 N–H and O–H groups in total. The number of benzene rings is 2. The Morgan fingerprint density at radius 3 is 2.52 bits per heavy atom. The second-order valence-electron chi connectivity index (χ2n) is 16.1. The number of carbonyl (C=O) groups excluding carboxylic acids is 5. The quantitative estimate of drug-likeness (QED) is 0.0682. The fourth-order valence-corrected chi connectivity index (χ4v) is 7.92. The largest absolute Gasteiger partial charge is 0.444 e. The minimum absolute atomic E-state index is 0.0339. The van der Waals surface area contributed by atoms with Crippen molar-refractivity contribution in [3.05, 3.63) is 101 Å². The Labute approximate surface area is 368 Å². The van der Waals surface area contributed by atoms with E-state index in [1.54, 1.807) is 42.6 Å². The van der Waals surface area contributed by atoms with Gasteiger partial charge in [-0.2, -0.15) is 18.3 Å². The minimum Gasteiger partial charge on any atom is -0.444 e. The van der Waals surface area contributed by atoms with Crippen LogP contribution in [0.3, 0.4) is 0 Å². The number of nitrogens with zero attached hydrogens (tertiary/aromatic N) is 6. The third-order valence-corrected chi connectivity index (χ3v) is 11.4. The van der Waals surface area contributed by atoms with Crippen molar-refractivity contribution in [2.75, 3.05) is 62.0 Å². The lowest BCUT2D eigenvalue weighted by Gasteiger charge is -2.27. The van der Waals surface area contributed by atoms with Crippen LogP contribution in [0.15, 0.2) is 71.6 Å². The van der Waals surface area contributed by atoms with Gasteiger partial charge in [0.05, 0.1) is 55.1 Å². The highest BCUT2D eigenvalue weighted by molar-refractivity contribution is 6.25. The molecule has 5 amide bonds. The first-order valence-corrected chi connectivity index (χ1v) is 21.1. The van der Waals surface area contributed by atoms with Gasteiger partial charge in [-0.25, -0.2) is 14.6 Å². The molecule has 1 saturated heterocycles. The highest BCUT2D eigenvalue weighted by Crippen LogP contribution is 2.36. The van der Waals surface area contributed by atoms with E-state index in [0.29, 0.717) is 74.7 Å². The van der Waals surface area contributed by atoms with Crippen molar-refractivity contribution in [1.82, 2.24) is 34.9 Å². The molecule has 4 aliphatic rings. The molecule has 338 valence electrons. The van der Waals surface area contributed by atoms with Crippen LogP contribution in [-0.2, 0) is 38.3 Å². The number of imide groups is 2. The van der Waals surface area contributed by atoms with Crippen molar-refractivity contribution in [2.45, 2.75) is 51.0 Å². The van der Waals surface area contributed by atoms with Crippen LogP contribution in [0.5, 0.6) is 0 Å². The monoisotopic (exact) mass is 896 g/mol. The molecule has 9 rings (SSSR count). The molecule has 1 saturated carbocycles. The molecular weight excluding hydrogens is 854 g/mol. The summed E-state index contributed by atoms with van der Waals surface area (Å²) in [7, 11) is 0. The third-order valence-electron chi connectivity index (χ3n) is 11.4. The van der Waals surface area contributed by atoms with E-state index in [1.165, 1.54) is 18.9 Å². The molecule has 1 aliphatic carbocycles. The van der Waals surface area contributed by atoms with Crippen molar-refractivity contribution in [2.24, 2.45) is 5.92 Å². The number of alkyl halides is 3. The van der Waals surface area contributed by atoms with Gasteiger partial charge in [-0.15, -0.1) is 0 Å². The first kappa shape index (κ1) is 43.3. The normalized spacial score (nSPS) is 17.3. The topological polar surface area (TPSA) is 215 Å². The number of carbonyl (C=O) groups is 5. The molecular formula is C44H43F3N10O8. The van der Waals surface area contributed by atoms with Gasteiger partial charge in [0.2, 0.25) is 17.7 Å². The van der Waals surface area contributed by atoms with Crippen LogP contribution < -0.4 is 21.3 Å². The summed E-state index contributed by atoms with van der Waals surface area (Å²) in [5.74, 6) is -1.83. The first-order chi connectivity index (χ1) is 31.4. The zero-order valence-electron chi connectivity index (χ0n) is 34.8. The van der Waals surface area contributed by atoms with Gasteiger partial charge in [-0.05, 0) is 72.7 Å². The van der Waals surface area contributed by atoms with Gasteiger partial charge in [0.15, 0.2) is 11.4 Å². The Morgan fingerprint density at radius 1 is 0.908 bits per heavy atom. The van der Waals surface area contributed by atoms with Gasteiger partial charge in [0, 0.05) is 56.6 Å². The van der Waals surface area contributed by atoms with Gasteiger partial charge in [0.25, 0.3) is 17.7 Å². The second-order valence-corrected chi connectivity index (χ2v) is 16.1. The number of halogens is 3. The van der Waals surface area contributed by atoms with E-state index in [4.69, 9.17) is 13.9 Å². The fraction of sp³-hybridized carbons (Fsp3) is 0.364. The molecule has 3 aliphatic heterocycles. The Hall–Kier alpha value is -6.97. The number of hydrogen-bond donors (Lipinski definition) is 4. The molecule has 21 heteroatoms. The number of pyridine rings is 1. The predicted molar refractivity (Wildman–Crippen MR) is 225 cm³/mol. The van der Waals surface area contributed by atoms with E-state index in [1.807, 2.05) is 6.07 Å². The molecule has 65 heavy (non-hydrogen) atoms. The summed E-state index contributed by atoms with van der Waals surface area (Å²) in [6, 6.07) is 12.5. The van der Waals surface area contributed by atoms with E-state index < -0.39 is 53.1 Å². The lowest BCUT2D eigenvalue weighted by atomic mass is 10.0. The molecule has 18 nitrogen and oxygen atoms in total. The van der Waals surface area contributed by atoms with Gasteiger partial charge < -0.3 is 29.8 Å². The zero-order valence-corrected chi connectivity index (χ0v) is 34.8. The molecule has 0 spiro atoms. The first-order valence-electron chi connectivity index (χ1n) is 21.1. The zero-order chi connectivity index (χ0) is 45.2. The molecule has 0 radical (unpaired) electrons. The maximum Gasteiger partial charge on any atom is 0.437 e. The Bertz CT molecular complexity index is 2660. The smallest absolute Gasteiger partial charge is 0.437 e. The number of nitrogens with one attached hydrogen (secondary N) is 4. The summed E-state index contributed by atoms with van der Waals surface area (Å²) in [6.45, 7) is 4.18. The highest BCUT2D eigenvalue weighted by Gasteiger charge is 2.45. The molecule has 0 bridgehead atoms. The van der Waals surface area contributed by atoms with Gasteiger partial charge in [-0.1, -0.05) is 12.1 Å². The number of fused-ring (bicyclic) bond motifs is 2. The number of hydrogen-bond acceptors (Lipinski definition) is 14. The highest BCUT2D eigenvalue weighted by atomic mass is 19.4. The van der Waals surface area contributed by atoms with Crippen LogP contribution in [0, 0.1) is 5.92 Å². The minimum atomic E-state index is -4.86. The summed E-state index contributed by atoms with van der Waals surface area (Å²) < 4.78 is 60.7. The number of anilines is 3.